The first-order valence-electron chi connectivity index (χ1n) is 9.36. The van der Waals surface area contributed by atoms with Crippen molar-refractivity contribution in [1.82, 2.24) is 14.8 Å². The third-order valence-corrected chi connectivity index (χ3v) is 4.57. The Morgan fingerprint density at radius 1 is 1.07 bits per heavy atom. The van der Waals surface area contributed by atoms with Crippen LogP contribution in [0.4, 0.5) is 0 Å². The van der Waals surface area contributed by atoms with Gasteiger partial charge in [-0.1, -0.05) is 30.3 Å². The summed E-state index contributed by atoms with van der Waals surface area (Å²) < 4.78 is 11.9. The third-order valence-electron chi connectivity index (χ3n) is 4.57. The van der Waals surface area contributed by atoms with E-state index in [1.165, 1.54) is 31.0 Å². The van der Waals surface area contributed by atoms with E-state index in [2.05, 4.69) is 10.1 Å². The second kappa shape index (κ2) is 8.98. The quantitative estimate of drug-likeness (QED) is 0.595. The van der Waals surface area contributed by atoms with Gasteiger partial charge >= 0.3 is 5.97 Å². The fraction of sp³-hybridized carbons (Fsp3) is 0.273. The van der Waals surface area contributed by atoms with Crippen molar-refractivity contribution in [2.24, 2.45) is 0 Å². The molecule has 0 saturated carbocycles. The van der Waals surface area contributed by atoms with Crippen molar-refractivity contribution in [3.8, 4) is 22.5 Å². The molecule has 0 spiro atoms. The maximum Gasteiger partial charge on any atom is 0.337 e. The minimum Gasteiger partial charge on any atom is -0.478 e. The van der Waals surface area contributed by atoms with Crippen molar-refractivity contribution in [2.75, 3.05) is 14.2 Å². The highest BCUT2D eigenvalue weighted by Crippen LogP contribution is 2.33. The first-order valence-corrected chi connectivity index (χ1v) is 9.36. The molecule has 8 nitrogen and oxygen atoms in total. The van der Waals surface area contributed by atoms with Gasteiger partial charge in [0.05, 0.1) is 23.0 Å². The summed E-state index contributed by atoms with van der Waals surface area (Å²) in [5.41, 5.74) is 2.04. The van der Waals surface area contributed by atoms with Gasteiger partial charge in [0.2, 0.25) is 6.29 Å². The fourth-order valence-electron chi connectivity index (χ4n) is 3.15. The number of carbonyl (C=O) groups is 1. The molecule has 0 aliphatic carbocycles. The molecule has 3 rings (SSSR count). The van der Waals surface area contributed by atoms with Gasteiger partial charge in [0, 0.05) is 31.4 Å². The lowest BCUT2D eigenvalue weighted by atomic mass is 9.99. The Bertz CT molecular complexity index is 1110. The average Bonchev–Trinajstić information content (AvgIpc) is 2.75. The summed E-state index contributed by atoms with van der Waals surface area (Å²) in [6, 6.07) is 13.6. The number of hydrogen-bond donors (Lipinski definition) is 1. The molecule has 30 heavy (non-hydrogen) atoms. The zero-order valence-corrected chi connectivity index (χ0v) is 17.2. The van der Waals surface area contributed by atoms with Gasteiger partial charge in [-0.2, -0.15) is 5.10 Å². The number of methoxy groups -OCH3 is 2. The number of carboxylic acid groups (broad SMARTS) is 1. The summed E-state index contributed by atoms with van der Waals surface area (Å²) >= 11 is 0. The molecular weight excluding hydrogens is 386 g/mol. The third kappa shape index (κ3) is 4.14. The zero-order chi connectivity index (χ0) is 21.8. The molecule has 0 amide bonds. The van der Waals surface area contributed by atoms with Crippen molar-refractivity contribution in [1.29, 1.82) is 0 Å². The Morgan fingerprint density at radius 3 is 2.30 bits per heavy atom. The van der Waals surface area contributed by atoms with E-state index in [1.807, 2.05) is 44.2 Å². The topological polar surface area (TPSA) is 104 Å². The van der Waals surface area contributed by atoms with Crippen LogP contribution in [0.1, 0.15) is 42.2 Å². The largest absolute Gasteiger partial charge is 0.478 e. The van der Waals surface area contributed by atoms with Crippen LogP contribution in [0, 0.1) is 0 Å². The molecular formula is C22H23N3O5. The van der Waals surface area contributed by atoms with Crippen LogP contribution in [0.15, 0.2) is 53.3 Å². The average molecular weight is 409 g/mol. The summed E-state index contributed by atoms with van der Waals surface area (Å²) in [5, 5.41) is 14.3. The van der Waals surface area contributed by atoms with Gasteiger partial charge in [0.15, 0.2) is 0 Å². The Morgan fingerprint density at radius 2 is 1.73 bits per heavy atom. The second-order valence-electron chi connectivity index (χ2n) is 6.89. The molecule has 156 valence electrons. The summed E-state index contributed by atoms with van der Waals surface area (Å²) in [6.07, 6.45) is -0.954. The molecule has 8 heteroatoms. The molecule has 0 unspecified atom stereocenters. The number of pyridine rings is 1. The summed E-state index contributed by atoms with van der Waals surface area (Å²) in [7, 11) is 2.83. The molecule has 1 aromatic carbocycles. The number of nitrogens with zero attached hydrogens (tertiary/aromatic N) is 3. The first kappa shape index (κ1) is 21.4. The van der Waals surface area contributed by atoms with Gasteiger partial charge in [-0.05, 0) is 26.0 Å². The normalized spacial score (nSPS) is 11.3. The minimum absolute atomic E-state index is 0.0671. The van der Waals surface area contributed by atoms with Gasteiger partial charge < -0.3 is 14.6 Å². The lowest BCUT2D eigenvalue weighted by molar-refractivity contribution is -0.109. The van der Waals surface area contributed by atoms with E-state index in [1.54, 1.807) is 6.07 Å². The molecule has 0 saturated heterocycles. The minimum atomic E-state index is -1.17. The molecule has 0 aliphatic heterocycles. The van der Waals surface area contributed by atoms with Gasteiger partial charge in [-0.15, -0.1) is 0 Å². The Kier molecular flexibility index (Phi) is 6.39. The molecule has 0 fully saturated rings. The Balaban J connectivity index is 2.36. The van der Waals surface area contributed by atoms with E-state index in [0.29, 0.717) is 17.0 Å². The number of hydrogen-bond acceptors (Lipinski definition) is 6. The zero-order valence-electron chi connectivity index (χ0n) is 17.2. The van der Waals surface area contributed by atoms with Gasteiger partial charge in [0.1, 0.15) is 5.69 Å². The number of benzene rings is 1. The highest BCUT2D eigenvalue weighted by atomic mass is 16.7. The monoisotopic (exact) mass is 409 g/mol. The second-order valence-corrected chi connectivity index (χ2v) is 6.89. The fourth-order valence-corrected chi connectivity index (χ4v) is 3.15. The van der Waals surface area contributed by atoms with Crippen LogP contribution in [0.2, 0.25) is 0 Å². The van der Waals surface area contributed by atoms with Crippen LogP contribution in [-0.2, 0) is 9.47 Å². The van der Waals surface area contributed by atoms with Crippen LogP contribution >= 0.6 is 0 Å². The number of aromatic carboxylic acids is 1. The van der Waals surface area contributed by atoms with Crippen LogP contribution in [-0.4, -0.2) is 40.1 Å². The number of carboxylic acids is 1. The molecule has 2 heterocycles. The Hall–Kier alpha value is -3.36. The molecule has 0 radical (unpaired) electrons. The number of aromatic nitrogens is 3. The lowest BCUT2D eigenvalue weighted by Gasteiger charge is -2.19. The molecule has 2 aromatic heterocycles. The molecule has 0 aliphatic rings. The maximum atomic E-state index is 12.2. The van der Waals surface area contributed by atoms with Crippen LogP contribution in [0.5, 0.6) is 0 Å². The van der Waals surface area contributed by atoms with Crippen LogP contribution < -0.4 is 5.56 Å². The van der Waals surface area contributed by atoms with Crippen LogP contribution in [0.3, 0.4) is 0 Å². The summed E-state index contributed by atoms with van der Waals surface area (Å²) in [5.74, 6) is -1.17. The van der Waals surface area contributed by atoms with Crippen molar-refractivity contribution in [3.63, 3.8) is 0 Å². The highest BCUT2D eigenvalue weighted by Gasteiger charge is 2.25. The first-order chi connectivity index (χ1) is 14.4. The van der Waals surface area contributed by atoms with Gasteiger partial charge in [-0.3, -0.25) is 4.79 Å². The maximum absolute atomic E-state index is 12.2. The van der Waals surface area contributed by atoms with E-state index in [0.717, 1.165) is 5.56 Å². The smallest absolute Gasteiger partial charge is 0.337 e. The van der Waals surface area contributed by atoms with Crippen molar-refractivity contribution in [3.05, 3.63) is 70.1 Å². The van der Waals surface area contributed by atoms with Crippen molar-refractivity contribution >= 4 is 5.97 Å². The van der Waals surface area contributed by atoms with Gasteiger partial charge in [0.25, 0.3) is 5.56 Å². The van der Waals surface area contributed by atoms with Crippen molar-refractivity contribution in [2.45, 2.75) is 26.2 Å². The predicted molar refractivity (Wildman–Crippen MR) is 111 cm³/mol. The van der Waals surface area contributed by atoms with E-state index in [4.69, 9.17) is 9.47 Å². The summed E-state index contributed by atoms with van der Waals surface area (Å²) in [6.45, 7) is 3.70. The van der Waals surface area contributed by atoms with E-state index in [9.17, 15) is 14.7 Å². The van der Waals surface area contributed by atoms with E-state index < -0.39 is 12.3 Å². The lowest BCUT2D eigenvalue weighted by Crippen LogP contribution is -2.24. The van der Waals surface area contributed by atoms with Gasteiger partial charge in [-0.25, -0.2) is 14.5 Å². The predicted octanol–water partition coefficient (Wildman–Crippen LogP) is 3.54. The van der Waals surface area contributed by atoms with E-state index in [-0.39, 0.29) is 22.9 Å². The highest BCUT2D eigenvalue weighted by molar-refractivity contribution is 5.93. The molecule has 0 atom stereocenters. The SMILES string of the molecule is COC(OC)c1nc(-c2ccccc2)c(-c2ccc(=O)n(C(C)C)n2)cc1C(=O)O. The number of ether oxygens (including phenoxy) is 2. The van der Waals surface area contributed by atoms with E-state index >= 15 is 0 Å². The molecule has 0 bridgehead atoms. The molecule has 1 N–H and O–H groups in total. The van der Waals surface area contributed by atoms with Crippen LogP contribution in [0.25, 0.3) is 22.5 Å². The molecule has 3 aromatic rings. The number of rotatable bonds is 7. The summed E-state index contributed by atoms with van der Waals surface area (Å²) in [4.78, 5) is 28.8. The standard InChI is InChI=1S/C22H23N3O5/c1-13(2)25-18(26)11-10-17(24-25)15-12-16(21(27)28)20(22(29-3)30-4)23-19(15)14-8-6-5-7-9-14/h5-13,22H,1-4H3,(H,27,28). The Labute approximate surface area is 173 Å². The van der Waals surface area contributed by atoms with Crippen molar-refractivity contribution < 1.29 is 19.4 Å².